The summed E-state index contributed by atoms with van der Waals surface area (Å²) >= 11 is 0. The van der Waals surface area contributed by atoms with Crippen molar-refractivity contribution in [2.75, 3.05) is 33.4 Å². The zero-order valence-corrected chi connectivity index (χ0v) is 25.6. The van der Waals surface area contributed by atoms with Crippen molar-refractivity contribution >= 4 is 11.9 Å². The van der Waals surface area contributed by atoms with Gasteiger partial charge in [0.2, 0.25) is 0 Å². The third-order valence-corrected chi connectivity index (χ3v) is 9.12. The van der Waals surface area contributed by atoms with E-state index in [2.05, 4.69) is 16.0 Å². The second-order valence-electron chi connectivity index (χ2n) is 12.0. The number of methoxy groups -OCH3 is 1. The topological polar surface area (TPSA) is 72.0 Å². The largest absolute Gasteiger partial charge is 0.493 e. The lowest BCUT2D eigenvalue weighted by molar-refractivity contribution is 0.0543. The van der Waals surface area contributed by atoms with E-state index in [-0.39, 0.29) is 11.9 Å². The first-order valence-corrected chi connectivity index (χ1v) is 15.7. The van der Waals surface area contributed by atoms with Crippen LogP contribution in [0.2, 0.25) is 0 Å². The molecule has 1 aliphatic carbocycles. The fourth-order valence-electron chi connectivity index (χ4n) is 6.74. The van der Waals surface area contributed by atoms with Gasteiger partial charge in [0, 0.05) is 44.2 Å². The molecule has 7 nitrogen and oxygen atoms in total. The van der Waals surface area contributed by atoms with E-state index in [0.717, 1.165) is 67.7 Å². The number of hydrogen-bond acceptors (Lipinski definition) is 6. The molecular weight excluding hydrogens is 564 g/mol. The van der Waals surface area contributed by atoms with Gasteiger partial charge in [0.1, 0.15) is 5.75 Å². The maximum absolute atomic E-state index is 14.2. The van der Waals surface area contributed by atoms with E-state index < -0.39 is 17.6 Å². The summed E-state index contributed by atoms with van der Waals surface area (Å²) in [5, 5.41) is 0. The summed E-state index contributed by atoms with van der Waals surface area (Å²) in [6, 6.07) is 10.1. The molecule has 3 aromatic rings. The van der Waals surface area contributed by atoms with Crippen LogP contribution in [0.25, 0.3) is 11.1 Å². The fourth-order valence-corrected chi connectivity index (χ4v) is 6.74. The van der Waals surface area contributed by atoms with Crippen molar-refractivity contribution in [3.05, 3.63) is 81.7 Å². The third-order valence-electron chi connectivity index (χ3n) is 9.12. The van der Waals surface area contributed by atoms with Gasteiger partial charge in [-0.3, -0.25) is 14.7 Å². The zero-order valence-electron chi connectivity index (χ0n) is 25.6. The van der Waals surface area contributed by atoms with Crippen LogP contribution < -0.4 is 4.74 Å². The van der Waals surface area contributed by atoms with Gasteiger partial charge in [0.05, 0.1) is 36.2 Å². The van der Waals surface area contributed by atoms with E-state index >= 15 is 0 Å². The molecule has 2 aromatic carbocycles. The number of likely N-dealkylation sites (tertiary alicyclic amines) is 1. The standard InChI is InChI=1S/C35H39F2N3O4/c1-4-30-27(35(42)43-3)19-26-31(38-30)12-15-40(34(26)41)24-10-13-39(14-11-24)20-21-16-25(22-6-7-22)33(32(17-21)44-5-2)23-8-9-28(36)29(37)18-23/h8-9,16-19,22,24H,4-7,10-15,20H2,1-3H3. The quantitative estimate of drug-likeness (QED) is 0.267. The van der Waals surface area contributed by atoms with Crippen LogP contribution in [0.15, 0.2) is 36.4 Å². The first-order valence-electron chi connectivity index (χ1n) is 15.7. The Bertz CT molecular complexity index is 1580. The third kappa shape index (κ3) is 5.94. The molecule has 2 fully saturated rings. The Morgan fingerprint density at radius 1 is 1.00 bits per heavy atom. The van der Waals surface area contributed by atoms with Crippen LogP contribution in [0.4, 0.5) is 8.78 Å². The highest BCUT2D eigenvalue weighted by atomic mass is 19.2. The van der Waals surface area contributed by atoms with Gasteiger partial charge in [-0.25, -0.2) is 13.6 Å². The average molecular weight is 604 g/mol. The lowest BCUT2D eigenvalue weighted by Gasteiger charge is -2.40. The lowest BCUT2D eigenvalue weighted by atomic mass is 9.92. The second-order valence-corrected chi connectivity index (χ2v) is 12.0. The molecule has 0 N–H and O–H groups in total. The number of fused-ring (bicyclic) bond motifs is 1. The van der Waals surface area contributed by atoms with E-state index in [9.17, 15) is 18.4 Å². The summed E-state index contributed by atoms with van der Waals surface area (Å²) in [6.45, 7) is 7.39. The summed E-state index contributed by atoms with van der Waals surface area (Å²) in [7, 11) is 1.34. The van der Waals surface area contributed by atoms with Gasteiger partial charge in [-0.15, -0.1) is 0 Å². The van der Waals surface area contributed by atoms with Gasteiger partial charge in [-0.1, -0.05) is 19.1 Å². The number of aromatic nitrogens is 1. The van der Waals surface area contributed by atoms with Gasteiger partial charge < -0.3 is 14.4 Å². The smallest absolute Gasteiger partial charge is 0.339 e. The second kappa shape index (κ2) is 12.6. The fraction of sp³-hybridized carbons (Fsp3) is 0.457. The number of ether oxygens (including phenoxy) is 2. The molecule has 0 unspecified atom stereocenters. The highest BCUT2D eigenvalue weighted by Gasteiger charge is 2.35. The van der Waals surface area contributed by atoms with Crippen molar-refractivity contribution in [1.29, 1.82) is 0 Å². The van der Waals surface area contributed by atoms with Crippen molar-refractivity contribution < 1.29 is 27.8 Å². The number of piperidine rings is 1. The number of esters is 1. The molecule has 1 saturated heterocycles. The van der Waals surface area contributed by atoms with Gasteiger partial charge >= 0.3 is 5.97 Å². The molecule has 0 atom stereocenters. The Kier molecular flexibility index (Phi) is 8.67. The molecule has 0 bridgehead atoms. The van der Waals surface area contributed by atoms with Crippen LogP contribution in [-0.4, -0.2) is 66.1 Å². The molecule has 44 heavy (non-hydrogen) atoms. The number of rotatable bonds is 9. The predicted molar refractivity (Wildman–Crippen MR) is 163 cm³/mol. The molecule has 2 aliphatic heterocycles. The minimum Gasteiger partial charge on any atom is -0.493 e. The first kappa shape index (κ1) is 30.2. The molecule has 9 heteroatoms. The van der Waals surface area contributed by atoms with Crippen LogP contribution in [-0.2, 0) is 24.1 Å². The molecule has 0 spiro atoms. The maximum Gasteiger partial charge on any atom is 0.339 e. The van der Waals surface area contributed by atoms with Crippen LogP contribution in [0.5, 0.6) is 5.75 Å². The van der Waals surface area contributed by atoms with Crippen LogP contribution >= 0.6 is 0 Å². The molecule has 6 rings (SSSR count). The number of nitrogens with zero attached hydrogens (tertiary/aromatic N) is 3. The van der Waals surface area contributed by atoms with Crippen LogP contribution in [0.1, 0.15) is 88.7 Å². The van der Waals surface area contributed by atoms with Crippen LogP contribution in [0, 0.1) is 11.6 Å². The summed E-state index contributed by atoms with van der Waals surface area (Å²) in [5.41, 5.74) is 6.06. The number of halogens is 2. The Balaban J connectivity index is 1.17. The number of amides is 1. The first-order chi connectivity index (χ1) is 21.3. The molecule has 0 radical (unpaired) electrons. The Hall–Kier alpha value is -3.85. The van der Waals surface area contributed by atoms with E-state index in [1.54, 1.807) is 12.1 Å². The Labute approximate surface area is 257 Å². The molecule has 232 valence electrons. The molecule has 3 heterocycles. The van der Waals surface area contributed by atoms with E-state index in [0.29, 0.717) is 60.0 Å². The minimum absolute atomic E-state index is 0.0618. The number of hydrogen-bond donors (Lipinski definition) is 0. The summed E-state index contributed by atoms with van der Waals surface area (Å²) in [5.74, 6) is -1.16. The molecule has 3 aliphatic rings. The lowest BCUT2D eigenvalue weighted by Crippen LogP contribution is -2.50. The van der Waals surface area contributed by atoms with Gasteiger partial charge in [0.25, 0.3) is 5.91 Å². The zero-order chi connectivity index (χ0) is 31.0. The Morgan fingerprint density at radius 3 is 2.43 bits per heavy atom. The normalized spacial score (nSPS) is 17.5. The number of carbonyl (C=O) groups excluding carboxylic acids is 2. The highest BCUT2D eigenvalue weighted by molar-refractivity contribution is 6.00. The highest BCUT2D eigenvalue weighted by Crippen LogP contribution is 2.48. The number of benzene rings is 2. The molecule has 1 amide bonds. The monoisotopic (exact) mass is 603 g/mol. The van der Waals surface area contributed by atoms with Gasteiger partial charge in [0.15, 0.2) is 11.6 Å². The maximum atomic E-state index is 14.2. The van der Waals surface area contributed by atoms with Crippen molar-refractivity contribution in [1.82, 2.24) is 14.8 Å². The SMILES string of the molecule is CCOc1cc(CN2CCC(N3CCc4nc(CC)c(C(=O)OC)cc4C3=O)CC2)cc(C2CC2)c1-c1ccc(F)c(F)c1. The summed E-state index contributed by atoms with van der Waals surface area (Å²) < 4.78 is 39.0. The number of aryl methyl sites for hydroxylation is 1. The number of carbonyl (C=O) groups is 2. The number of pyridine rings is 1. The van der Waals surface area contributed by atoms with Crippen LogP contribution in [0.3, 0.4) is 0 Å². The average Bonchev–Trinajstić information content (AvgIpc) is 3.88. The van der Waals surface area contributed by atoms with Crippen molar-refractivity contribution in [3.63, 3.8) is 0 Å². The van der Waals surface area contributed by atoms with Gasteiger partial charge in [-0.05, 0) is 85.9 Å². The van der Waals surface area contributed by atoms with Crippen molar-refractivity contribution in [2.45, 2.75) is 70.9 Å². The van der Waals surface area contributed by atoms with E-state index in [1.807, 2.05) is 24.8 Å². The molecular formula is C35H39F2N3O4. The van der Waals surface area contributed by atoms with E-state index in [1.165, 1.54) is 19.2 Å². The minimum atomic E-state index is -0.861. The van der Waals surface area contributed by atoms with Gasteiger partial charge in [-0.2, -0.15) is 0 Å². The molecule has 1 saturated carbocycles. The van der Waals surface area contributed by atoms with Crippen molar-refractivity contribution in [2.24, 2.45) is 0 Å². The van der Waals surface area contributed by atoms with Crippen molar-refractivity contribution in [3.8, 4) is 16.9 Å². The molecule has 1 aromatic heterocycles. The predicted octanol–water partition coefficient (Wildman–Crippen LogP) is 6.31. The Morgan fingerprint density at radius 2 is 1.77 bits per heavy atom. The summed E-state index contributed by atoms with van der Waals surface area (Å²) in [6.07, 6.45) is 5.11. The summed E-state index contributed by atoms with van der Waals surface area (Å²) in [4.78, 5) is 35.0. The van der Waals surface area contributed by atoms with E-state index in [4.69, 9.17) is 9.47 Å².